The Labute approximate surface area is 119 Å². The van der Waals surface area contributed by atoms with Crippen LogP contribution in [0.5, 0.6) is 0 Å². The molecule has 0 aliphatic heterocycles. The number of halogens is 6. The number of pyridine rings is 1. The van der Waals surface area contributed by atoms with Crippen molar-refractivity contribution in [2.45, 2.75) is 11.0 Å². The van der Waals surface area contributed by atoms with Gasteiger partial charge in [-0.2, -0.15) is 34.8 Å². The summed E-state index contributed by atoms with van der Waals surface area (Å²) >= 11 is 0. The van der Waals surface area contributed by atoms with E-state index in [1.54, 1.807) is 0 Å². The minimum absolute atomic E-state index is 0.0589. The number of hydrogen-bond donors (Lipinski definition) is 1. The minimum Gasteiger partial charge on any atom is -0.741 e. The predicted molar refractivity (Wildman–Crippen MR) is 57.2 cm³/mol. The van der Waals surface area contributed by atoms with Crippen molar-refractivity contribution in [2.24, 2.45) is 0 Å². The summed E-state index contributed by atoms with van der Waals surface area (Å²) in [5.41, 5.74) is -5.59. The van der Waals surface area contributed by atoms with Crippen LogP contribution in [0.4, 0.5) is 32.0 Å². The Morgan fingerprint density at radius 3 is 1.45 bits per heavy atom. The number of alkyl halides is 6. The largest absolute Gasteiger partial charge is 0.741 e. The van der Waals surface area contributed by atoms with Gasteiger partial charge in [-0.25, -0.2) is 8.42 Å². The van der Waals surface area contributed by atoms with Gasteiger partial charge in [0.1, 0.15) is 0 Å². The maximum atomic E-state index is 12.0. The third-order valence-electron chi connectivity index (χ3n) is 1.68. The maximum Gasteiger partial charge on any atom is 0.560 e. The molecule has 0 bridgehead atoms. The van der Waals surface area contributed by atoms with E-state index < -0.39 is 31.2 Å². The average Bonchev–Trinajstić information content (AvgIpc) is 2.26. The molecule has 7 nitrogen and oxygen atoms in total. The molecule has 22 heavy (non-hydrogen) atoms. The first-order valence-electron chi connectivity index (χ1n) is 4.61. The van der Waals surface area contributed by atoms with Gasteiger partial charge in [-0.15, -0.1) is 0 Å². The van der Waals surface area contributed by atoms with E-state index >= 15 is 0 Å². The van der Waals surface area contributed by atoms with Gasteiger partial charge in [0.2, 0.25) is 0 Å². The monoisotopic (exact) mass is 376 g/mol. The summed E-state index contributed by atoms with van der Waals surface area (Å²) in [5, 5.41) is 0. The average molecular weight is 376 g/mol. The lowest BCUT2D eigenvalue weighted by Gasteiger charge is -2.08. The molecule has 0 saturated heterocycles. The summed E-state index contributed by atoms with van der Waals surface area (Å²) in [5.74, 6) is 0. The first kappa shape index (κ1) is 20.4. The van der Waals surface area contributed by atoms with Crippen LogP contribution in [-0.2, 0) is 20.1 Å². The predicted octanol–water partition coefficient (Wildman–Crippen LogP) is 0.305. The van der Waals surface area contributed by atoms with Gasteiger partial charge in [0.25, 0.3) is 0 Å². The molecule has 0 fully saturated rings. The lowest BCUT2D eigenvalue weighted by molar-refractivity contribution is -0.518. The Hall–Kier alpha value is -1.61. The molecule has 0 saturated carbocycles. The second-order valence-corrected chi connectivity index (χ2v) is 6.52. The molecular formula is C7H6F6N2O5S2. The van der Waals surface area contributed by atoms with Crippen LogP contribution in [0.2, 0.25) is 0 Å². The van der Waals surface area contributed by atoms with Gasteiger partial charge >= 0.3 is 21.0 Å². The summed E-state index contributed by atoms with van der Waals surface area (Å²) in [7, 11) is -11.4. The molecule has 128 valence electrons. The molecule has 0 spiro atoms. The quantitative estimate of drug-likeness (QED) is 0.326. The molecule has 1 aromatic rings. The SMILES string of the molecule is Nc1cc[n+](S(=O)(=O)C(F)(F)F)cc1.O=S(=O)([O-])C(F)(F)F. The highest BCUT2D eigenvalue weighted by molar-refractivity contribution is 7.86. The van der Waals surface area contributed by atoms with Crippen LogP contribution in [-0.4, -0.2) is 32.4 Å². The van der Waals surface area contributed by atoms with Gasteiger partial charge in [-0.1, -0.05) is 3.97 Å². The third-order valence-corrected chi connectivity index (χ3v) is 3.63. The zero-order valence-electron chi connectivity index (χ0n) is 9.96. The second kappa shape index (κ2) is 6.25. The van der Waals surface area contributed by atoms with Crippen molar-refractivity contribution in [2.75, 3.05) is 5.73 Å². The Bertz CT molecular complexity index is 707. The van der Waals surface area contributed by atoms with Crippen LogP contribution >= 0.6 is 0 Å². The standard InChI is InChI=1S/C6H5F3N2O2S.CHF3O3S/c7-6(8,9)14(12,13)11-3-1-5(10)2-4-11;2-1(3,4)8(5,6)7/h1-4,10H;(H,5,6,7). The summed E-state index contributed by atoms with van der Waals surface area (Å²) in [6.45, 7) is 0. The minimum atomic E-state index is -6.09. The second-order valence-electron chi connectivity index (χ2n) is 3.31. The lowest BCUT2D eigenvalue weighted by atomic mass is 10.4. The maximum absolute atomic E-state index is 12.0. The van der Waals surface area contributed by atoms with Gasteiger partial charge in [0.05, 0.1) is 0 Å². The van der Waals surface area contributed by atoms with Crippen LogP contribution < -0.4 is 9.71 Å². The van der Waals surface area contributed by atoms with Crippen LogP contribution in [0.25, 0.3) is 0 Å². The number of aromatic nitrogens is 1. The molecule has 1 aromatic heterocycles. The van der Waals surface area contributed by atoms with Crippen LogP contribution in [0.1, 0.15) is 0 Å². The molecule has 0 radical (unpaired) electrons. The van der Waals surface area contributed by atoms with E-state index in [9.17, 15) is 34.8 Å². The third kappa shape index (κ3) is 5.30. The molecule has 2 N–H and O–H groups in total. The van der Waals surface area contributed by atoms with E-state index in [2.05, 4.69) is 0 Å². The van der Waals surface area contributed by atoms with Crippen molar-refractivity contribution >= 4 is 25.8 Å². The van der Waals surface area contributed by atoms with Crippen LogP contribution in [0.15, 0.2) is 24.5 Å². The first-order chi connectivity index (χ1) is 9.50. The fraction of sp³-hybridized carbons (Fsp3) is 0.286. The number of nitrogen functional groups attached to an aromatic ring is 1. The molecule has 0 unspecified atom stereocenters. The van der Waals surface area contributed by atoms with Crippen molar-refractivity contribution in [3.8, 4) is 0 Å². The Balaban J connectivity index is 0.000000472. The van der Waals surface area contributed by atoms with Gasteiger partial charge in [0.15, 0.2) is 22.5 Å². The molecule has 0 aromatic carbocycles. The Kier molecular flexibility index (Phi) is 5.79. The fourth-order valence-electron chi connectivity index (χ4n) is 0.704. The Morgan fingerprint density at radius 1 is 0.909 bits per heavy atom. The Morgan fingerprint density at radius 2 is 1.23 bits per heavy atom. The topological polar surface area (TPSA) is 121 Å². The fourth-order valence-corrected chi connectivity index (χ4v) is 1.39. The summed E-state index contributed by atoms with van der Waals surface area (Å²) in [6, 6.07) is 2.12. The van der Waals surface area contributed by atoms with Gasteiger partial charge in [-0.05, 0) is 0 Å². The van der Waals surface area contributed by atoms with E-state index in [-0.39, 0.29) is 9.66 Å². The number of nitrogens with zero attached hydrogens (tertiary/aromatic N) is 1. The number of rotatable bonds is 1. The summed E-state index contributed by atoms with van der Waals surface area (Å²) < 4.78 is 116. The van der Waals surface area contributed by atoms with Gasteiger partial charge in [-0.3, -0.25) is 0 Å². The molecule has 1 rings (SSSR count). The van der Waals surface area contributed by atoms with Gasteiger partial charge < -0.3 is 10.3 Å². The zero-order valence-corrected chi connectivity index (χ0v) is 11.6. The van der Waals surface area contributed by atoms with E-state index in [0.29, 0.717) is 0 Å². The first-order valence-corrected chi connectivity index (χ1v) is 7.46. The van der Waals surface area contributed by atoms with E-state index in [1.807, 2.05) is 0 Å². The summed E-state index contributed by atoms with van der Waals surface area (Å²) in [4.78, 5) is 0. The number of anilines is 1. The van der Waals surface area contributed by atoms with Crippen LogP contribution in [0, 0.1) is 0 Å². The number of nitrogens with two attached hydrogens (primary N) is 1. The summed E-state index contributed by atoms with van der Waals surface area (Å²) in [6.07, 6.45) is 1.47. The van der Waals surface area contributed by atoms with Crippen molar-refractivity contribution in [1.29, 1.82) is 0 Å². The van der Waals surface area contributed by atoms with Crippen LogP contribution in [0.3, 0.4) is 0 Å². The normalized spacial score (nSPS) is 13.2. The highest BCUT2D eigenvalue weighted by Crippen LogP contribution is 2.21. The van der Waals surface area contributed by atoms with Crippen molar-refractivity contribution in [1.82, 2.24) is 0 Å². The molecule has 15 heteroatoms. The molecule has 0 amide bonds. The van der Waals surface area contributed by atoms with Crippen molar-refractivity contribution in [3.05, 3.63) is 24.5 Å². The van der Waals surface area contributed by atoms with Crippen molar-refractivity contribution < 1.29 is 51.7 Å². The molecule has 0 aliphatic rings. The molecule has 0 aliphatic carbocycles. The smallest absolute Gasteiger partial charge is 0.560 e. The lowest BCUT2D eigenvalue weighted by Crippen LogP contribution is -2.50. The van der Waals surface area contributed by atoms with E-state index in [4.69, 9.17) is 18.7 Å². The van der Waals surface area contributed by atoms with Crippen molar-refractivity contribution in [3.63, 3.8) is 0 Å². The van der Waals surface area contributed by atoms with E-state index in [0.717, 1.165) is 24.5 Å². The highest BCUT2D eigenvalue weighted by atomic mass is 32.2. The molecular weight excluding hydrogens is 370 g/mol. The van der Waals surface area contributed by atoms with Gasteiger partial charge in [0, 0.05) is 17.8 Å². The van der Waals surface area contributed by atoms with E-state index in [1.165, 1.54) is 0 Å². The zero-order chi connectivity index (χ0) is 18.0. The number of hydrogen-bond acceptors (Lipinski definition) is 6. The molecule has 1 heterocycles. The molecule has 0 atom stereocenters. The highest BCUT2D eigenvalue weighted by Gasteiger charge is 2.54.